The fourth-order valence-electron chi connectivity index (χ4n) is 3.10. The van der Waals surface area contributed by atoms with Gasteiger partial charge < -0.3 is 8.98 Å². The Labute approximate surface area is 156 Å². The second-order valence-electron chi connectivity index (χ2n) is 5.82. The summed E-state index contributed by atoms with van der Waals surface area (Å²) in [6.45, 7) is 2.92. The molecule has 0 bridgehead atoms. The summed E-state index contributed by atoms with van der Waals surface area (Å²) in [5.74, 6) is 1.60. The zero-order chi connectivity index (χ0) is 17.9. The van der Waals surface area contributed by atoms with Gasteiger partial charge in [-0.05, 0) is 49.6 Å². The van der Waals surface area contributed by atoms with E-state index < -0.39 is 0 Å². The normalized spacial score (nSPS) is 11.0. The highest BCUT2D eigenvalue weighted by Gasteiger charge is 2.21. The summed E-state index contributed by atoms with van der Waals surface area (Å²) in [4.78, 5) is 10.5. The van der Waals surface area contributed by atoms with Crippen molar-refractivity contribution in [3.05, 3.63) is 67.2 Å². The van der Waals surface area contributed by atoms with Gasteiger partial charge in [-0.1, -0.05) is 12.1 Å². The molecular formula is C21H19N3OS. The van der Waals surface area contributed by atoms with Crippen LogP contribution in [0.4, 0.5) is 0 Å². The van der Waals surface area contributed by atoms with Crippen LogP contribution in [0.5, 0.6) is 0 Å². The lowest BCUT2D eigenvalue weighted by molar-refractivity contribution is 0.571. The molecule has 0 fully saturated rings. The average molecular weight is 361 g/mol. The number of nitrogens with zero attached hydrogens (tertiary/aromatic N) is 3. The van der Waals surface area contributed by atoms with Crippen LogP contribution in [-0.2, 0) is 6.54 Å². The van der Waals surface area contributed by atoms with E-state index in [0.717, 1.165) is 40.6 Å². The van der Waals surface area contributed by atoms with E-state index in [1.165, 1.54) is 4.90 Å². The summed E-state index contributed by atoms with van der Waals surface area (Å²) in [6.07, 6.45) is 7.40. The molecule has 0 radical (unpaired) electrons. The van der Waals surface area contributed by atoms with E-state index in [1.807, 2.05) is 30.5 Å². The number of rotatable bonds is 5. The standard InChI is InChI=1S/C21H19N3OS/c1-3-24-20(15-8-10-17(26-2)11-9-15)19(16-6-4-12-22-14-16)23-21(24)18-7-5-13-25-18/h4-14H,3H2,1-2H3. The Morgan fingerprint density at radius 1 is 1.04 bits per heavy atom. The van der Waals surface area contributed by atoms with Crippen molar-refractivity contribution >= 4 is 11.8 Å². The number of imidazole rings is 1. The van der Waals surface area contributed by atoms with Crippen LogP contribution in [-0.4, -0.2) is 20.8 Å². The van der Waals surface area contributed by atoms with Gasteiger partial charge in [0.2, 0.25) is 0 Å². The second-order valence-corrected chi connectivity index (χ2v) is 6.70. The number of aromatic nitrogens is 3. The molecule has 0 saturated heterocycles. The predicted molar refractivity (Wildman–Crippen MR) is 106 cm³/mol. The van der Waals surface area contributed by atoms with Gasteiger partial charge in [0.25, 0.3) is 0 Å². The number of furan rings is 1. The van der Waals surface area contributed by atoms with Gasteiger partial charge in [-0.15, -0.1) is 11.8 Å². The third kappa shape index (κ3) is 2.95. The Balaban J connectivity index is 1.97. The van der Waals surface area contributed by atoms with E-state index in [9.17, 15) is 0 Å². The molecule has 130 valence electrons. The summed E-state index contributed by atoms with van der Waals surface area (Å²) in [6, 6.07) is 16.4. The molecule has 0 spiro atoms. The third-order valence-corrected chi connectivity index (χ3v) is 5.07. The van der Waals surface area contributed by atoms with Crippen LogP contribution in [0, 0.1) is 0 Å². The topological polar surface area (TPSA) is 43.9 Å². The van der Waals surface area contributed by atoms with Gasteiger partial charge in [0.1, 0.15) is 0 Å². The summed E-state index contributed by atoms with van der Waals surface area (Å²) in [5, 5.41) is 0. The number of pyridine rings is 1. The van der Waals surface area contributed by atoms with Crippen LogP contribution >= 0.6 is 11.8 Å². The first-order chi connectivity index (χ1) is 12.8. The molecule has 0 atom stereocenters. The van der Waals surface area contributed by atoms with Crippen LogP contribution in [0.25, 0.3) is 34.1 Å². The van der Waals surface area contributed by atoms with Gasteiger partial charge in [0.15, 0.2) is 11.6 Å². The summed E-state index contributed by atoms with van der Waals surface area (Å²) in [7, 11) is 0. The number of benzene rings is 1. The van der Waals surface area contributed by atoms with Gasteiger partial charge in [0.05, 0.1) is 17.7 Å². The van der Waals surface area contributed by atoms with E-state index in [2.05, 4.69) is 47.0 Å². The lowest BCUT2D eigenvalue weighted by Crippen LogP contribution is -2.00. The fourth-order valence-corrected chi connectivity index (χ4v) is 3.51. The average Bonchev–Trinajstić information content (AvgIpc) is 3.36. The van der Waals surface area contributed by atoms with Crippen molar-refractivity contribution in [2.75, 3.05) is 6.26 Å². The van der Waals surface area contributed by atoms with Crippen molar-refractivity contribution < 1.29 is 4.42 Å². The highest BCUT2D eigenvalue weighted by molar-refractivity contribution is 7.98. The molecule has 0 saturated carbocycles. The first-order valence-corrected chi connectivity index (χ1v) is 9.73. The van der Waals surface area contributed by atoms with Crippen LogP contribution in [0.1, 0.15) is 6.92 Å². The molecule has 4 rings (SSSR count). The lowest BCUT2D eigenvalue weighted by atomic mass is 10.1. The van der Waals surface area contributed by atoms with Crippen LogP contribution < -0.4 is 0 Å². The van der Waals surface area contributed by atoms with Gasteiger partial charge in [0, 0.05) is 35.0 Å². The van der Waals surface area contributed by atoms with Gasteiger partial charge in [-0.2, -0.15) is 0 Å². The molecule has 5 heteroatoms. The van der Waals surface area contributed by atoms with E-state index in [-0.39, 0.29) is 0 Å². The summed E-state index contributed by atoms with van der Waals surface area (Å²) >= 11 is 1.74. The maximum absolute atomic E-state index is 5.64. The molecule has 0 N–H and O–H groups in total. The van der Waals surface area contributed by atoms with Crippen molar-refractivity contribution in [3.8, 4) is 34.1 Å². The van der Waals surface area contributed by atoms with Crippen molar-refractivity contribution in [1.82, 2.24) is 14.5 Å². The summed E-state index contributed by atoms with van der Waals surface area (Å²) in [5.41, 5.74) is 4.13. The maximum Gasteiger partial charge on any atom is 0.177 e. The highest BCUT2D eigenvalue weighted by Crippen LogP contribution is 2.36. The van der Waals surface area contributed by atoms with Crippen molar-refractivity contribution in [2.24, 2.45) is 0 Å². The van der Waals surface area contributed by atoms with Crippen molar-refractivity contribution in [3.63, 3.8) is 0 Å². The zero-order valence-corrected chi connectivity index (χ0v) is 15.5. The quantitative estimate of drug-likeness (QED) is 0.433. The highest BCUT2D eigenvalue weighted by atomic mass is 32.2. The first kappa shape index (κ1) is 16.7. The second kappa shape index (κ2) is 7.22. The van der Waals surface area contributed by atoms with E-state index in [0.29, 0.717) is 0 Å². The Kier molecular flexibility index (Phi) is 4.63. The molecule has 4 nitrogen and oxygen atoms in total. The smallest absolute Gasteiger partial charge is 0.177 e. The minimum atomic E-state index is 0.768. The molecule has 0 aliphatic rings. The summed E-state index contributed by atoms with van der Waals surface area (Å²) < 4.78 is 7.84. The van der Waals surface area contributed by atoms with Gasteiger partial charge in [-0.3, -0.25) is 4.98 Å². The molecule has 0 aliphatic heterocycles. The molecule has 4 aromatic rings. The Morgan fingerprint density at radius 2 is 1.88 bits per heavy atom. The minimum Gasteiger partial charge on any atom is -0.461 e. The fraction of sp³-hybridized carbons (Fsp3) is 0.143. The van der Waals surface area contributed by atoms with Crippen molar-refractivity contribution in [1.29, 1.82) is 0 Å². The van der Waals surface area contributed by atoms with Crippen molar-refractivity contribution in [2.45, 2.75) is 18.4 Å². The molecule has 26 heavy (non-hydrogen) atoms. The molecule has 1 aromatic carbocycles. The molecule has 0 aliphatic carbocycles. The molecular weight excluding hydrogens is 342 g/mol. The number of hydrogen-bond acceptors (Lipinski definition) is 4. The Morgan fingerprint density at radius 3 is 2.50 bits per heavy atom. The SMILES string of the molecule is CCn1c(-c2ccco2)nc(-c2cccnc2)c1-c1ccc(SC)cc1. The largest absolute Gasteiger partial charge is 0.461 e. The number of thioether (sulfide) groups is 1. The molecule has 0 unspecified atom stereocenters. The number of hydrogen-bond donors (Lipinski definition) is 0. The molecule has 3 heterocycles. The predicted octanol–water partition coefficient (Wildman–Crippen LogP) is 5.61. The zero-order valence-electron chi connectivity index (χ0n) is 14.7. The van der Waals surface area contributed by atoms with E-state index >= 15 is 0 Å². The lowest BCUT2D eigenvalue weighted by Gasteiger charge is -2.10. The van der Waals surface area contributed by atoms with E-state index in [4.69, 9.17) is 9.40 Å². The minimum absolute atomic E-state index is 0.768. The Hall–Kier alpha value is -2.79. The molecule has 0 amide bonds. The van der Waals surface area contributed by atoms with Gasteiger partial charge in [-0.25, -0.2) is 4.98 Å². The third-order valence-electron chi connectivity index (χ3n) is 4.32. The Bertz CT molecular complexity index is 990. The first-order valence-electron chi connectivity index (χ1n) is 8.51. The monoisotopic (exact) mass is 361 g/mol. The van der Waals surface area contributed by atoms with Gasteiger partial charge >= 0.3 is 0 Å². The van der Waals surface area contributed by atoms with Crippen LogP contribution in [0.15, 0.2) is 76.5 Å². The van der Waals surface area contributed by atoms with E-state index in [1.54, 1.807) is 24.2 Å². The van der Waals surface area contributed by atoms with Crippen LogP contribution in [0.3, 0.4) is 0 Å². The maximum atomic E-state index is 5.64. The molecule has 3 aromatic heterocycles. The van der Waals surface area contributed by atoms with Crippen LogP contribution in [0.2, 0.25) is 0 Å².